The van der Waals surface area contributed by atoms with Gasteiger partial charge in [0.1, 0.15) is 17.7 Å². The van der Waals surface area contributed by atoms with Gasteiger partial charge in [0.05, 0.1) is 16.5 Å². The largest absolute Gasteiger partial charge is 0.310 e. The normalized spacial score (nSPS) is 10.2. The van der Waals surface area contributed by atoms with Crippen LogP contribution in [0.1, 0.15) is 11.4 Å². The summed E-state index contributed by atoms with van der Waals surface area (Å²) in [4.78, 5) is 17.9. The van der Waals surface area contributed by atoms with Gasteiger partial charge in [-0.15, -0.1) is 0 Å². The minimum absolute atomic E-state index is 0.0687. The summed E-state index contributed by atoms with van der Waals surface area (Å²) in [7, 11) is 0. The van der Waals surface area contributed by atoms with Crippen molar-refractivity contribution >= 4 is 10.9 Å². The van der Waals surface area contributed by atoms with Crippen LogP contribution in [-0.2, 0) is 0 Å². The molecule has 0 aliphatic carbocycles. The van der Waals surface area contributed by atoms with Gasteiger partial charge >= 0.3 is 0 Å². The lowest BCUT2D eigenvalue weighted by atomic mass is 10.1. The topological polar surface area (TPSA) is 69.5 Å². The van der Waals surface area contributed by atoms with Crippen molar-refractivity contribution in [2.75, 3.05) is 0 Å². The molecule has 0 fully saturated rings. The number of hydrogen-bond acceptors (Lipinski definition) is 3. The number of nitrogens with one attached hydrogen (secondary N) is 1. The number of nitriles is 1. The van der Waals surface area contributed by atoms with Gasteiger partial charge in [-0.2, -0.15) is 5.26 Å². The Kier molecular flexibility index (Phi) is 1.97. The van der Waals surface area contributed by atoms with E-state index in [1.807, 2.05) is 6.07 Å². The second-order valence-electron chi connectivity index (χ2n) is 3.11. The van der Waals surface area contributed by atoms with Gasteiger partial charge in [-0.25, -0.2) is 9.37 Å². The van der Waals surface area contributed by atoms with E-state index in [-0.39, 0.29) is 16.5 Å². The van der Waals surface area contributed by atoms with E-state index < -0.39 is 11.4 Å². The van der Waals surface area contributed by atoms with Crippen LogP contribution in [0.15, 0.2) is 16.9 Å². The maximum atomic E-state index is 13.0. The van der Waals surface area contributed by atoms with Crippen molar-refractivity contribution in [3.63, 3.8) is 0 Å². The lowest BCUT2D eigenvalue weighted by Crippen LogP contribution is -2.10. The first-order valence-electron chi connectivity index (χ1n) is 4.22. The highest BCUT2D eigenvalue weighted by Crippen LogP contribution is 2.14. The molecule has 4 nitrogen and oxygen atoms in total. The van der Waals surface area contributed by atoms with Gasteiger partial charge < -0.3 is 4.98 Å². The average molecular weight is 203 g/mol. The molecule has 0 saturated carbocycles. The molecule has 0 atom stereocenters. The summed E-state index contributed by atoms with van der Waals surface area (Å²) in [5.41, 5.74) is -0.132. The Hall–Kier alpha value is -2.22. The van der Waals surface area contributed by atoms with Crippen LogP contribution in [-0.4, -0.2) is 9.97 Å². The number of fused-ring (bicyclic) bond motifs is 1. The van der Waals surface area contributed by atoms with E-state index in [0.717, 1.165) is 12.1 Å². The molecule has 0 aliphatic rings. The Morgan fingerprint density at radius 1 is 1.53 bits per heavy atom. The average Bonchev–Trinajstić information content (AvgIpc) is 2.18. The van der Waals surface area contributed by atoms with Gasteiger partial charge in [0, 0.05) is 0 Å². The fourth-order valence-corrected chi connectivity index (χ4v) is 1.41. The highest BCUT2D eigenvalue weighted by Gasteiger charge is 2.08. The summed E-state index contributed by atoms with van der Waals surface area (Å²) < 4.78 is 13.0. The molecule has 0 radical (unpaired) electrons. The Morgan fingerprint density at radius 2 is 2.27 bits per heavy atom. The number of aryl methyl sites for hydroxylation is 1. The molecule has 1 N–H and O–H groups in total. The first-order valence-corrected chi connectivity index (χ1v) is 4.22. The van der Waals surface area contributed by atoms with Gasteiger partial charge in [-0.05, 0) is 19.1 Å². The minimum atomic E-state index is -0.616. The van der Waals surface area contributed by atoms with E-state index >= 15 is 0 Å². The first kappa shape index (κ1) is 9.34. The third-order valence-corrected chi connectivity index (χ3v) is 2.01. The minimum Gasteiger partial charge on any atom is -0.310 e. The van der Waals surface area contributed by atoms with E-state index in [9.17, 15) is 9.18 Å². The van der Waals surface area contributed by atoms with Crippen LogP contribution in [0.3, 0.4) is 0 Å². The Balaban J connectivity index is 3.05. The van der Waals surface area contributed by atoms with Crippen LogP contribution < -0.4 is 5.56 Å². The summed E-state index contributed by atoms with van der Waals surface area (Å²) in [5.74, 6) is -0.217. The standard InChI is InChI=1S/C10H6FN3O/c1-5-13-9-6(4-12)2-7(11)3-8(9)10(15)14-5/h2-3H,1H3,(H,13,14,15). The van der Waals surface area contributed by atoms with Crippen molar-refractivity contribution in [1.82, 2.24) is 9.97 Å². The van der Waals surface area contributed by atoms with Gasteiger partial charge in [-0.3, -0.25) is 4.79 Å². The summed E-state index contributed by atoms with van der Waals surface area (Å²) >= 11 is 0. The van der Waals surface area contributed by atoms with Gasteiger partial charge in [0.15, 0.2) is 0 Å². The highest BCUT2D eigenvalue weighted by molar-refractivity contribution is 5.83. The molecule has 2 aromatic rings. The van der Waals surface area contributed by atoms with Crippen LogP contribution >= 0.6 is 0 Å². The molecule has 1 aromatic heterocycles. The Labute approximate surface area is 84.0 Å². The SMILES string of the molecule is Cc1nc2c(C#N)cc(F)cc2c(=O)[nH]1. The summed E-state index contributed by atoms with van der Waals surface area (Å²) in [6, 6.07) is 3.94. The number of benzene rings is 1. The first-order chi connectivity index (χ1) is 7.11. The maximum Gasteiger partial charge on any atom is 0.258 e. The molecule has 15 heavy (non-hydrogen) atoms. The van der Waals surface area contributed by atoms with Crippen molar-refractivity contribution in [1.29, 1.82) is 5.26 Å². The molecule has 0 spiro atoms. The number of H-pyrrole nitrogens is 1. The number of hydrogen-bond donors (Lipinski definition) is 1. The van der Waals surface area contributed by atoms with Crippen molar-refractivity contribution in [3.8, 4) is 6.07 Å². The van der Waals surface area contributed by atoms with Crippen molar-refractivity contribution in [2.24, 2.45) is 0 Å². The third kappa shape index (κ3) is 1.46. The Bertz CT molecular complexity index is 639. The second-order valence-corrected chi connectivity index (χ2v) is 3.11. The van der Waals surface area contributed by atoms with E-state index in [2.05, 4.69) is 9.97 Å². The third-order valence-electron chi connectivity index (χ3n) is 2.01. The zero-order valence-corrected chi connectivity index (χ0v) is 7.84. The van der Waals surface area contributed by atoms with Crippen LogP contribution in [0.4, 0.5) is 4.39 Å². The number of halogens is 1. The van der Waals surface area contributed by atoms with Crippen LogP contribution in [0, 0.1) is 24.1 Å². The van der Waals surface area contributed by atoms with Gasteiger partial charge in [-0.1, -0.05) is 0 Å². The lowest BCUT2D eigenvalue weighted by molar-refractivity contribution is 0.629. The molecule has 0 unspecified atom stereocenters. The predicted octanol–water partition coefficient (Wildman–Crippen LogP) is 1.24. The van der Waals surface area contributed by atoms with E-state index in [4.69, 9.17) is 5.26 Å². The molecule has 5 heteroatoms. The smallest absolute Gasteiger partial charge is 0.258 e. The van der Waals surface area contributed by atoms with E-state index in [1.165, 1.54) is 0 Å². The summed E-state index contributed by atoms with van der Waals surface area (Å²) in [6.07, 6.45) is 0. The molecule has 74 valence electrons. The molecular formula is C10H6FN3O. The summed E-state index contributed by atoms with van der Waals surface area (Å²) in [5, 5.41) is 8.87. The molecule has 0 saturated heterocycles. The van der Waals surface area contributed by atoms with Crippen LogP contribution in [0.25, 0.3) is 10.9 Å². The predicted molar refractivity (Wildman–Crippen MR) is 51.8 cm³/mol. The monoisotopic (exact) mass is 203 g/mol. The number of aromatic amines is 1. The fraction of sp³-hybridized carbons (Fsp3) is 0.100. The molecule has 2 rings (SSSR count). The quantitative estimate of drug-likeness (QED) is 0.700. The molecule has 0 bridgehead atoms. The Morgan fingerprint density at radius 3 is 2.93 bits per heavy atom. The van der Waals surface area contributed by atoms with Gasteiger partial charge in [0.25, 0.3) is 5.56 Å². The van der Waals surface area contributed by atoms with E-state index in [0.29, 0.717) is 5.82 Å². The van der Waals surface area contributed by atoms with Crippen molar-refractivity contribution < 1.29 is 4.39 Å². The molecular weight excluding hydrogens is 197 g/mol. The zero-order chi connectivity index (χ0) is 11.0. The highest BCUT2D eigenvalue weighted by atomic mass is 19.1. The molecule has 1 aromatic carbocycles. The van der Waals surface area contributed by atoms with Crippen LogP contribution in [0.2, 0.25) is 0 Å². The molecule has 0 amide bonds. The van der Waals surface area contributed by atoms with Gasteiger partial charge in [0.2, 0.25) is 0 Å². The van der Waals surface area contributed by atoms with Crippen molar-refractivity contribution in [3.05, 3.63) is 39.7 Å². The van der Waals surface area contributed by atoms with E-state index in [1.54, 1.807) is 6.92 Å². The second kappa shape index (κ2) is 3.17. The number of aromatic nitrogens is 2. The lowest BCUT2D eigenvalue weighted by Gasteiger charge is -2.00. The zero-order valence-electron chi connectivity index (χ0n) is 7.84. The van der Waals surface area contributed by atoms with Crippen LogP contribution in [0.5, 0.6) is 0 Å². The molecule has 0 aliphatic heterocycles. The maximum absolute atomic E-state index is 13.0. The fourth-order valence-electron chi connectivity index (χ4n) is 1.41. The summed E-state index contributed by atoms with van der Waals surface area (Å²) in [6.45, 7) is 1.60. The molecule has 1 heterocycles. The number of nitrogens with zero attached hydrogens (tertiary/aromatic N) is 2. The van der Waals surface area contributed by atoms with Crippen molar-refractivity contribution in [2.45, 2.75) is 6.92 Å². The number of rotatable bonds is 0.